The van der Waals surface area contributed by atoms with Gasteiger partial charge < -0.3 is 9.13 Å². The van der Waals surface area contributed by atoms with Crippen LogP contribution in [0.5, 0.6) is 0 Å². The number of aromatic nitrogens is 2. The first-order valence-corrected chi connectivity index (χ1v) is 8.40. The average Bonchev–Trinajstić information content (AvgIpc) is 2.66. The lowest BCUT2D eigenvalue weighted by molar-refractivity contribution is 0.547. The molecule has 2 aromatic heterocycles. The Kier molecular flexibility index (Phi) is 3.94. The molecule has 4 rings (SSSR count). The van der Waals surface area contributed by atoms with Crippen molar-refractivity contribution in [2.75, 3.05) is 0 Å². The third-order valence-electron chi connectivity index (χ3n) is 4.57. The zero-order chi connectivity index (χ0) is 17.2. The predicted octanol–water partition coefficient (Wildman–Crippen LogP) is 3.41. The van der Waals surface area contributed by atoms with Gasteiger partial charge in [0.25, 0.3) is 11.1 Å². The summed E-state index contributed by atoms with van der Waals surface area (Å²) < 4.78 is 3.43. The minimum absolute atomic E-state index is 0.0176. The van der Waals surface area contributed by atoms with E-state index in [4.69, 9.17) is 0 Å². The number of aryl methyl sites for hydroxylation is 2. The van der Waals surface area contributed by atoms with Crippen molar-refractivity contribution in [2.45, 2.75) is 19.5 Å². The van der Waals surface area contributed by atoms with E-state index in [-0.39, 0.29) is 11.1 Å². The van der Waals surface area contributed by atoms with Gasteiger partial charge in [-0.2, -0.15) is 0 Å². The summed E-state index contributed by atoms with van der Waals surface area (Å²) >= 11 is 0. The highest BCUT2D eigenvalue weighted by Gasteiger charge is 2.04. The van der Waals surface area contributed by atoms with Crippen LogP contribution in [-0.4, -0.2) is 9.13 Å². The lowest BCUT2D eigenvalue weighted by Crippen LogP contribution is -2.23. The maximum absolute atomic E-state index is 12.5. The minimum Gasteiger partial charge on any atom is -0.315 e. The molecule has 4 heteroatoms. The standard InChI is InChI=1S/C21H18N2O2/c24-20-18-8-3-1-6-16(18)10-14-22(20)12-5-13-23-15-11-17-7-2-4-9-19(17)21(23)25/h1-4,6-11,14-15H,5,12-13H2. The van der Waals surface area contributed by atoms with E-state index >= 15 is 0 Å². The number of hydrogen-bond acceptors (Lipinski definition) is 2. The van der Waals surface area contributed by atoms with Gasteiger partial charge in [0.05, 0.1) is 0 Å². The Labute approximate surface area is 144 Å². The van der Waals surface area contributed by atoms with Crippen molar-refractivity contribution in [3.05, 3.63) is 93.8 Å². The molecule has 0 bridgehead atoms. The third-order valence-corrected chi connectivity index (χ3v) is 4.57. The van der Waals surface area contributed by atoms with Crippen LogP contribution >= 0.6 is 0 Å². The normalized spacial score (nSPS) is 11.2. The molecule has 2 aromatic carbocycles. The van der Waals surface area contributed by atoms with Crippen molar-refractivity contribution < 1.29 is 0 Å². The summed E-state index contributed by atoms with van der Waals surface area (Å²) in [6.45, 7) is 1.17. The van der Waals surface area contributed by atoms with Gasteiger partial charge in [-0.1, -0.05) is 36.4 Å². The summed E-state index contributed by atoms with van der Waals surface area (Å²) in [5.41, 5.74) is 0.0351. The lowest BCUT2D eigenvalue weighted by Gasteiger charge is -2.09. The van der Waals surface area contributed by atoms with Gasteiger partial charge in [0.1, 0.15) is 0 Å². The van der Waals surface area contributed by atoms with Crippen LogP contribution in [-0.2, 0) is 13.1 Å². The van der Waals surface area contributed by atoms with E-state index in [1.54, 1.807) is 9.13 Å². The van der Waals surface area contributed by atoms with Crippen LogP contribution in [0.15, 0.2) is 82.6 Å². The van der Waals surface area contributed by atoms with Crippen molar-refractivity contribution in [1.82, 2.24) is 9.13 Å². The molecular formula is C21H18N2O2. The number of rotatable bonds is 4. The van der Waals surface area contributed by atoms with Crippen LogP contribution in [0.25, 0.3) is 21.5 Å². The molecule has 2 heterocycles. The summed E-state index contributed by atoms with van der Waals surface area (Å²) in [4.78, 5) is 25.0. The number of nitrogens with zero attached hydrogens (tertiary/aromatic N) is 2. The van der Waals surface area contributed by atoms with Gasteiger partial charge in [0.15, 0.2) is 0 Å². The zero-order valence-corrected chi connectivity index (χ0v) is 13.8. The van der Waals surface area contributed by atoms with Crippen LogP contribution < -0.4 is 11.1 Å². The molecule has 0 radical (unpaired) electrons. The van der Waals surface area contributed by atoms with E-state index in [1.165, 1.54) is 0 Å². The highest BCUT2D eigenvalue weighted by atomic mass is 16.1. The molecule has 0 atom stereocenters. The first-order valence-electron chi connectivity index (χ1n) is 8.40. The van der Waals surface area contributed by atoms with Crippen LogP contribution in [0.3, 0.4) is 0 Å². The lowest BCUT2D eigenvalue weighted by atomic mass is 10.2. The van der Waals surface area contributed by atoms with Crippen LogP contribution in [0.4, 0.5) is 0 Å². The van der Waals surface area contributed by atoms with Gasteiger partial charge in [-0.15, -0.1) is 0 Å². The van der Waals surface area contributed by atoms with E-state index in [0.717, 1.165) is 28.0 Å². The fourth-order valence-electron chi connectivity index (χ4n) is 3.22. The van der Waals surface area contributed by atoms with Gasteiger partial charge >= 0.3 is 0 Å². The highest BCUT2D eigenvalue weighted by Crippen LogP contribution is 2.10. The Morgan fingerprint density at radius 2 is 1.04 bits per heavy atom. The third kappa shape index (κ3) is 2.87. The van der Waals surface area contributed by atoms with E-state index in [9.17, 15) is 9.59 Å². The summed E-state index contributed by atoms with van der Waals surface area (Å²) in [6, 6.07) is 19.1. The second-order valence-electron chi connectivity index (χ2n) is 6.16. The average molecular weight is 330 g/mol. The quantitative estimate of drug-likeness (QED) is 0.575. The Morgan fingerprint density at radius 3 is 1.52 bits per heavy atom. The van der Waals surface area contributed by atoms with Crippen molar-refractivity contribution in [3.63, 3.8) is 0 Å². The number of pyridine rings is 2. The molecule has 25 heavy (non-hydrogen) atoms. The smallest absolute Gasteiger partial charge is 0.258 e. The molecule has 0 aliphatic carbocycles. The molecule has 0 saturated carbocycles. The Hall–Kier alpha value is -3.14. The molecule has 4 aromatic rings. The van der Waals surface area contributed by atoms with Crippen molar-refractivity contribution in [3.8, 4) is 0 Å². The molecule has 0 fully saturated rings. The van der Waals surface area contributed by atoms with E-state index in [1.807, 2.05) is 73.1 Å². The summed E-state index contributed by atoms with van der Waals surface area (Å²) in [5, 5.41) is 3.37. The molecule has 0 spiro atoms. The maximum atomic E-state index is 12.5. The molecular weight excluding hydrogens is 312 g/mol. The monoisotopic (exact) mass is 330 g/mol. The summed E-state index contributed by atoms with van der Waals surface area (Å²) in [6.07, 6.45) is 4.37. The zero-order valence-electron chi connectivity index (χ0n) is 13.8. The second-order valence-corrected chi connectivity index (χ2v) is 6.16. The molecule has 0 amide bonds. The number of benzene rings is 2. The maximum Gasteiger partial charge on any atom is 0.258 e. The van der Waals surface area contributed by atoms with Gasteiger partial charge in [-0.3, -0.25) is 9.59 Å². The Bertz CT molecular complexity index is 1080. The largest absolute Gasteiger partial charge is 0.315 e. The molecule has 0 unspecified atom stereocenters. The molecule has 0 aliphatic heterocycles. The molecule has 0 saturated heterocycles. The highest BCUT2D eigenvalue weighted by molar-refractivity contribution is 5.81. The fraction of sp³-hybridized carbons (Fsp3) is 0.143. The van der Waals surface area contributed by atoms with Crippen LogP contribution in [0.2, 0.25) is 0 Å². The topological polar surface area (TPSA) is 44.0 Å². The van der Waals surface area contributed by atoms with Crippen LogP contribution in [0, 0.1) is 0 Å². The SMILES string of the molecule is O=c1c2ccccc2ccn1CCCn1ccc2ccccc2c1=O. The molecule has 0 aliphatic rings. The Balaban J connectivity index is 1.55. The number of fused-ring (bicyclic) bond motifs is 2. The van der Waals surface area contributed by atoms with E-state index in [2.05, 4.69) is 0 Å². The van der Waals surface area contributed by atoms with E-state index in [0.29, 0.717) is 13.1 Å². The number of hydrogen-bond donors (Lipinski definition) is 0. The van der Waals surface area contributed by atoms with Gasteiger partial charge in [0, 0.05) is 36.3 Å². The second kappa shape index (κ2) is 6.40. The van der Waals surface area contributed by atoms with Crippen LogP contribution in [0.1, 0.15) is 6.42 Å². The molecule has 124 valence electrons. The van der Waals surface area contributed by atoms with Crippen molar-refractivity contribution in [2.24, 2.45) is 0 Å². The van der Waals surface area contributed by atoms with Crippen molar-refractivity contribution in [1.29, 1.82) is 0 Å². The first-order chi connectivity index (χ1) is 12.2. The van der Waals surface area contributed by atoms with E-state index < -0.39 is 0 Å². The van der Waals surface area contributed by atoms with Gasteiger partial charge in [-0.05, 0) is 41.5 Å². The molecule has 0 N–H and O–H groups in total. The molecule has 4 nitrogen and oxygen atoms in total. The Morgan fingerprint density at radius 1 is 0.600 bits per heavy atom. The fourth-order valence-corrected chi connectivity index (χ4v) is 3.22. The first kappa shape index (κ1) is 15.4. The predicted molar refractivity (Wildman–Crippen MR) is 101 cm³/mol. The van der Waals surface area contributed by atoms with Gasteiger partial charge in [0.2, 0.25) is 0 Å². The minimum atomic E-state index is 0.0176. The summed E-state index contributed by atoms with van der Waals surface area (Å²) in [7, 11) is 0. The van der Waals surface area contributed by atoms with Gasteiger partial charge in [-0.25, -0.2) is 0 Å². The summed E-state index contributed by atoms with van der Waals surface area (Å²) in [5.74, 6) is 0. The van der Waals surface area contributed by atoms with Crippen molar-refractivity contribution >= 4 is 21.5 Å².